The lowest BCUT2D eigenvalue weighted by Crippen LogP contribution is -2.59. The molecule has 3 aromatic rings. The van der Waals surface area contributed by atoms with E-state index in [1.807, 2.05) is 30.9 Å². The predicted octanol–water partition coefficient (Wildman–Crippen LogP) is 5.70. The van der Waals surface area contributed by atoms with Crippen LogP contribution < -0.4 is 10.1 Å². The maximum atomic E-state index is 15.2. The number of carbonyl (C=O) groups is 3. The van der Waals surface area contributed by atoms with Gasteiger partial charge >= 0.3 is 6.09 Å². The topological polar surface area (TPSA) is 132 Å². The molecule has 52 heavy (non-hydrogen) atoms. The van der Waals surface area contributed by atoms with Crippen LogP contribution in [0.4, 0.5) is 9.18 Å². The number of fused-ring (bicyclic) bond motifs is 1. The second kappa shape index (κ2) is 16.5. The first-order valence-electron chi connectivity index (χ1n) is 18.1. The molecule has 0 radical (unpaired) electrons. The molecular weight excluding hydrogens is 665 g/mol. The number of H-pyrrole nitrogens is 1. The van der Waals surface area contributed by atoms with Crippen molar-refractivity contribution < 1.29 is 28.2 Å². The summed E-state index contributed by atoms with van der Waals surface area (Å²) < 4.78 is 26.4. The monoisotopic (exact) mass is 713 g/mol. The summed E-state index contributed by atoms with van der Waals surface area (Å²) >= 11 is 0. The molecule has 1 aliphatic carbocycles. The number of hydrogen-bond acceptors (Lipinski definition) is 8. The molecule has 1 saturated carbocycles. The van der Waals surface area contributed by atoms with Crippen molar-refractivity contribution in [2.45, 2.75) is 77.1 Å². The molecule has 3 fully saturated rings. The van der Waals surface area contributed by atoms with Crippen molar-refractivity contribution in [1.29, 1.82) is 0 Å². The van der Waals surface area contributed by atoms with Crippen LogP contribution in [0.1, 0.15) is 74.0 Å². The molecule has 3 amide bonds. The fourth-order valence-electron chi connectivity index (χ4n) is 7.48. The maximum Gasteiger partial charge on any atom is 0.410 e. The molecule has 2 unspecified atom stereocenters. The van der Waals surface area contributed by atoms with E-state index >= 15 is 4.39 Å². The van der Waals surface area contributed by atoms with Crippen molar-refractivity contribution in [3.63, 3.8) is 0 Å². The molecule has 6 rings (SSSR count). The van der Waals surface area contributed by atoms with E-state index < -0.39 is 11.9 Å². The number of halogens is 1. The van der Waals surface area contributed by atoms with E-state index in [0.29, 0.717) is 73.7 Å². The number of aromatic nitrogens is 2. The Labute approximate surface area is 303 Å². The van der Waals surface area contributed by atoms with Gasteiger partial charge in [0.2, 0.25) is 5.91 Å². The largest absolute Gasteiger partial charge is 0.496 e. The average molecular weight is 714 g/mol. The van der Waals surface area contributed by atoms with Gasteiger partial charge in [0.05, 0.1) is 24.4 Å². The van der Waals surface area contributed by atoms with E-state index in [4.69, 9.17) is 9.47 Å². The number of ether oxygens (including phenoxy) is 2. The maximum absolute atomic E-state index is 15.2. The van der Waals surface area contributed by atoms with E-state index in [0.717, 1.165) is 42.3 Å². The van der Waals surface area contributed by atoms with Crippen LogP contribution in [0, 0.1) is 5.82 Å². The first-order valence-corrected chi connectivity index (χ1v) is 18.1. The van der Waals surface area contributed by atoms with Gasteiger partial charge in [0.1, 0.15) is 17.7 Å². The molecule has 3 aliphatic rings. The molecule has 12 nitrogen and oxygen atoms in total. The number of aromatic amines is 1. The van der Waals surface area contributed by atoms with Gasteiger partial charge in [-0.3, -0.25) is 24.6 Å². The highest BCUT2D eigenvalue weighted by Crippen LogP contribution is 2.29. The molecule has 1 aromatic heterocycles. The standard InChI is InChI=1S/C39H48FN7O5/c1-5-41-26(3)21-25(2)36-30-22-27(13-15-33(30)43-44-36)37(48)42-28-14-16-34(47(23-28)24-31-32(40)11-8-12-35(31)51-4)38(49)45-17-19-46(20-18-45)39(50)52-29-9-6-7-10-29/h5,8,11-13,15,21-22,28-29,34H,2,6-7,9-10,14,16-20,23-24H2,1,3-4H3,(H,42,48)(H,43,44)/b26-21-,41-5?. The first-order chi connectivity index (χ1) is 25.1. The molecule has 3 heterocycles. The lowest BCUT2D eigenvalue weighted by atomic mass is 9.95. The van der Waals surface area contributed by atoms with E-state index in [1.165, 1.54) is 13.2 Å². The van der Waals surface area contributed by atoms with Gasteiger partial charge in [-0.25, -0.2) is 9.18 Å². The number of allylic oxidation sites excluding steroid dienone is 3. The smallest absolute Gasteiger partial charge is 0.410 e. The molecule has 2 atom stereocenters. The third-order valence-corrected chi connectivity index (χ3v) is 10.2. The zero-order valence-electron chi connectivity index (χ0n) is 30.2. The molecular formula is C39H48FN7O5. The second-order valence-corrected chi connectivity index (χ2v) is 13.7. The number of rotatable bonds is 10. The summed E-state index contributed by atoms with van der Waals surface area (Å²) in [4.78, 5) is 50.2. The molecule has 2 aromatic carbocycles. The normalized spacial score (nSPS) is 20.4. The number of nitrogens with zero attached hydrogens (tertiary/aromatic N) is 5. The Morgan fingerprint density at radius 3 is 2.56 bits per heavy atom. The Kier molecular flexibility index (Phi) is 11.7. The summed E-state index contributed by atoms with van der Waals surface area (Å²) in [5.74, 6) is -0.371. The first kappa shape index (κ1) is 36.7. The number of methoxy groups -OCH3 is 1. The Hall–Kier alpha value is -5.04. The zero-order valence-corrected chi connectivity index (χ0v) is 30.2. The highest BCUT2D eigenvalue weighted by molar-refractivity contribution is 6.01. The lowest BCUT2D eigenvalue weighted by Gasteiger charge is -2.43. The fraction of sp³-hybridized carbons (Fsp3) is 0.462. The van der Waals surface area contributed by atoms with Gasteiger partial charge in [0.25, 0.3) is 5.91 Å². The number of aliphatic imine (C=N–C) groups is 1. The van der Waals surface area contributed by atoms with Crippen molar-refractivity contribution in [2.75, 3.05) is 39.8 Å². The summed E-state index contributed by atoms with van der Waals surface area (Å²) in [6.07, 6.45) is 8.19. The number of piperidine rings is 1. The molecule has 13 heteroatoms. The molecule has 0 bridgehead atoms. The van der Waals surface area contributed by atoms with Crippen LogP contribution in [0.25, 0.3) is 16.5 Å². The van der Waals surface area contributed by atoms with Crippen LogP contribution in [0.5, 0.6) is 5.75 Å². The van der Waals surface area contributed by atoms with Gasteiger partial charge in [-0.15, -0.1) is 0 Å². The van der Waals surface area contributed by atoms with Gasteiger partial charge in [-0.1, -0.05) is 12.6 Å². The zero-order chi connectivity index (χ0) is 36.8. The summed E-state index contributed by atoms with van der Waals surface area (Å²) in [6, 6.07) is 9.17. The predicted molar refractivity (Wildman–Crippen MR) is 198 cm³/mol. The number of benzene rings is 2. The minimum atomic E-state index is -0.543. The molecule has 2 N–H and O–H groups in total. The van der Waals surface area contributed by atoms with E-state index in [-0.39, 0.29) is 36.6 Å². The quantitative estimate of drug-likeness (QED) is 0.203. The number of hydrogen-bond donors (Lipinski definition) is 2. The third kappa shape index (κ3) is 8.36. The number of piperazine rings is 1. The minimum absolute atomic E-state index is 0.0181. The summed E-state index contributed by atoms with van der Waals surface area (Å²) in [6.45, 7) is 9.88. The van der Waals surface area contributed by atoms with Gasteiger partial charge in [-0.05, 0) is 94.4 Å². The SMILES string of the molecule is C=C(/C=C(/C)N=CC)c1n[nH]c2ccc(C(=O)NC3CCC(C(=O)N4CCN(C(=O)OC5CCCC5)CC4)N(Cc4c(F)cccc4OC)C3)cc12. The molecule has 0 spiro atoms. The van der Waals surface area contributed by atoms with Gasteiger partial charge in [0.15, 0.2) is 0 Å². The number of nitrogens with one attached hydrogen (secondary N) is 2. The van der Waals surface area contributed by atoms with Gasteiger partial charge < -0.3 is 24.6 Å². The van der Waals surface area contributed by atoms with Crippen LogP contribution in [-0.4, -0.2) is 107 Å². The molecule has 2 aliphatic heterocycles. The van der Waals surface area contributed by atoms with Crippen molar-refractivity contribution in [3.8, 4) is 5.75 Å². The highest BCUT2D eigenvalue weighted by atomic mass is 19.1. The third-order valence-electron chi connectivity index (χ3n) is 10.2. The van der Waals surface area contributed by atoms with Crippen molar-refractivity contribution in [2.24, 2.45) is 4.99 Å². The number of carbonyl (C=O) groups excluding carboxylic acids is 3. The number of likely N-dealkylation sites (tertiary alicyclic amines) is 1. The van der Waals surface area contributed by atoms with E-state index in [1.54, 1.807) is 40.3 Å². The lowest BCUT2D eigenvalue weighted by molar-refractivity contribution is -0.140. The molecule has 276 valence electrons. The fourth-order valence-corrected chi connectivity index (χ4v) is 7.48. The highest BCUT2D eigenvalue weighted by Gasteiger charge is 2.38. The summed E-state index contributed by atoms with van der Waals surface area (Å²) in [7, 11) is 1.49. The Balaban J connectivity index is 1.15. The van der Waals surface area contributed by atoms with Crippen molar-refractivity contribution >= 4 is 40.6 Å². The minimum Gasteiger partial charge on any atom is -0.496 e. The van der Waals surface area contributed by atoms with Crippen molar-refractivity contribution in [1.82, 2.24) is 30.2 Å². The van der Waals surface area contributed by atoms with Gasteiger partial charge in [-0.2, -0.15) is 5.10 Å². The Bertz CT molecular complexity index is 1860. The second-order valence-electron chi connectivity index (χ2n) is 13.7. The van der Waals surface area contributed by atoms with Gasteiger partial charge in [0, 0.05) is 73.7 Å². The summed E-state index contributed by atoms with van der Waals surface area (Å²) in [5.41, 5.74) is 3.66. The molecule has 2 saturated heterocycles. The van der Waals surface area contributed by atoms with E-state index in [9.17, 15) is 14.4 Å². The van der Waals surface area contributed by atoms with Crippen molar-refractivity contribution in [3.05, 3.63) is 77.4 Å². The van der Waals surface area contributed by atoms with E-state index in [2.05, 4.69) is 27.1 Å². The summed E-state index contributed by atoms with van der Waals surface area (Å²) in [5, 5.41) is 11.4. The van der Waals surface area contributed by atoms with Crippen LogP contribution >= 0.6 is 0 Å². The van der Waals surface area contributed by atoms with Crippen LogP contribution in [-0.2, 0) is 16.1 Å². The number of amides is 3. The Morgan fingerprint density at radius 2 is 1.83 bits per heavy atom. The van der Waals surface area contributed by atoms with Crippen LogP contribution in [0.15, 0.2) is 59.7 Å². The average Bonchev–Trinajstić information content (AvgIpc) is 3.82. The van der Waals surface area contributed by atoms with Crippen LogP contribution in [0.3, 0.4) is 0 Å². The van der Waals surface area contributed by atoms with Crippen LogP contribution in [0.2, 0.25) is 0 Å². The Morgan fingerprint density at radius 1 is 1.08 bits per heavy atom.